The van der Waals surface area contributed by atoms with Crippen LogP contribution in [0, 0.1) is 0 Å². The quantitative estimate of drug-likeness (QED) is 0.160. The molecule has 10 heteroatoms. The highest BCUT2D eigenvalue weighted by Gasteiger charge is 1.62. The van der Waals surface area contributed by atoms with Gasteiger partial charge in [0.05, 0.1) is 0 Å². The molecule has 0 aliphatic heterocycles. The Kier molecular flexibility index (Phi) is 26.8. The van der Waals surface area contributed by atoms with Crippen LogP contribution in [0.4, 0.5) is 0 Å². The molecule has 0 atom stereocenters. The summed E-state index contributed by atoms with van der Waals surface area (Å²) in [6.45, 7) is 0. The number of hydrogen-bond acceptors (Lipinski definition) is 4. The van der Waals surface area contributed by atoms with Crippen LogP contribution in [0.25, 0.3) is 0 Å². The summed E-state index contributed by atoms with van der Waals surface area (Å²) in [4.78, 5) is 28.6. The molecule has 0 spiro atoms. The molecule has 0 fully saturated rings. The smallest absolute Gasteiger partial charge is 0.314 e. The van der Waals surface area contributed by atoms with Gasteiger partial charge in [0.15, 0.2) is 0 Å². The van der Waals surface area contributed by atoms with Gasteiger partial charge in [-0.25, -0.2) is 0 Å². The fourth-order valence-corrected chi connectivity index (χ4v) is 0. The normalized spacial score (nSPS) is 7.60. The SMILES string of the molecule is O=[PH](O)O.O=[PH](O)O.OO. The summed E-state index contributed by atoms with van der Waals surface area (Å²) in [5.74, 6) is 0. The van der Waals surface area contributed by atoms with Crippen LogP contribution in [-0.4, -0.2) is 30.1 Å². The van der Waals surface area contributed by atoms with Gasteiger partial charge in [-0.15, -0.1) is 0 Å². The lowest BCUT2D eigenvalue weighted by atomic mass is 15.0. The second kappa shape index (κ2) is 16.1. The third kappa shape index (κ3) is 8850. The monoisotopic (exact) mass is 198 g/mol. The van der Waals surface area contributed by atoms with Crippen molar-refractivity contribution in [2.45, 2.75) is 0 Å². The van der Waals surface area contributed by atoms with Crippen LogP contribution in [0.3, 0.4) is 0 Å². The van der Waals surface area contributed by atoms with Crippen LogP contribution < -0.4 is 0 Å². The maximum Gasteiger partial charge on any atom is 0.314 e. The van der Waals surface area contributed by atoms with Gasteiger partial charge in [0, 0.05) is 0 Å². The van der Waals surface area contributed by atoms with Crippen molar-refractivity contribution in [3.05, 3.63) is 0 Å². The molecule has 0 aromatic rings. The van der Waals surface area contributed by atoms with E-state index >= 15 is 0 Å². The van der Waals surface area contributed by atoms with Gasteiger partial charge in [-0.3, -0.25) is 19.6 Å². The molecule has 0 unspecified atom stereocenters. The van der Waals surface area contributed by atoms with Crippen LogP contribution in [0.2, 0.25) is 0 Å². The zero-order chi connectivity index (χ0) is 9.15. The molecule has 0 aliphatic carbocycles. The van der Waals surface area contributed by atoms with E-state index in [0.29, 0.717) is 0 Å². The first-order valence-corrected chi connectivity index (χ1v) is 4.11. The second-order valence-corrected chi connectivity index (χ2v) is 1.70. The van der Waals surface area contributed by atoms with E-state index in [4.69, 9.17) is 39.2 Å². The first kappa shape index (κ1) is 16.7. The summed E-state index contributed by atoms with van der Waals surface area (Å²) in [5.41, 5.74) is 0. The van der Waals surface area contributed by atoms with E-state index in [1.165, 1.54) is 0 Å². The minimum atomic E-state index is -3.13. The molecular formula is H8O8P2. The Morgan fingerprint density at radius 2 is 0.700 bits per heavy atom. The largest absolute Gasteiger partial charge is 0.326 e. The van der Waals surface area contributed by atoms with Crippen LogP contribution in [0.5, 0.6) is 0 Å². The predicted molar refractivity (Wildman–Crippen MR) is 32.1 cm³/mol. The highest BCUT2D eigenvalue weighted by Crippen LogP contribution is 1.98. The molecular weight excluding hydrogens is 190 g/mol. The average molecular weight is 198 g/mol. The Morgan fingerprint density at radius 1 is 0.700 bits per heavy atom. The minimum absolute atomic E-state index is 3.13. The molecule has 0 rings (SSSR count). The first-order valence-electron chi connectivity index (χ1n) is 1.50. The van der Waals surface area contributed by atoms with Gasteiger partial charge in [0.25, 0.3) is 0 Å². The van der Waals surface area contributed by atoms with Crippen LogP contribution in [0.1, 0.15) is 0 Å². The van der Waals surface area contributed by atoms with E-state index in [9.17, 15) is 0 Å². The molecule has 0 saturated heterocycles. The molecule has 66 valence electrons. The lowest BCUT2D eigenvalue weighted by molar-refractivity contribution is -0.176. The van der Waals surface area contributed by atoms with Gasteiger partial charge < -0.3 is 19.6 Å². The third-order valence-electron chi connectivity index (χ3n) is 0. The Hall–Kier alpha value is 0.220. The van der Waals surface area contributed by atoms with Crippen molar-refractivity contribution in [1.82, 2.24) is 0 Å². The molecule has 0 bridgehead atoms. The van der Waals surface area contributed by atoms with Crippen molar-refractivity contribution in [3.63, 3.8) is 0 Å². The summed E-state index contributed by atoms with van der Waals surface area (Å²) >= 11 is 0. The van der Waals surface area contributed by atoms with Crippen molar-refractivity contribution >= 4 is 16.5 Å². The standard InChI is InChI=1S/2H3O3P.H2O2/c2*1-4(2)3;1-2/h2*4H,(H2,1,2,3);1-2H. The van der Waals surface area contributed by atoms with Crippen LogP contribution in [0.15, 0.2) is 0 Å². The van der Waals surface area contributed by atoms with Crippen LogP contribution in [-0.2, 0) is 9.13 Å². The summed E-state index contributed by atoms with van der Waals surface area (Å²) in [6.07, 6.45) is 0. The second-order valence-electron chi connectivity index (χ2n) is 0.565. The van der Waals surface area contributed by atoms with Crippen molar-refractivity contribution in [3.8, 4) is 0 Å². The Morgan fingerprint density at radius 3 is 0.700 bits per heavy atom. The summed E-state index contributed by atoms with van der Waals surface area (Å²) in [6, 6.07) is 0. The third-order valence-corrected chi connectivity index (χ3v) is 0. The topological polar surface area (TPSA) is 156 Å². The Labute approximate surface area is 56.8 Å². The van der Waals surface area contributed by atoms with Gasteiger partial charge in [-0.2, -0.15) is 0 Å². The molecule has 10 heavy (non-hydrogen) atoms. The maximum atomic E-state index is 8.74. The lowest BCUT2D eigenvalue weighted by Crippen LogP contribution is -1.38. The van der Waals surface area contributed by atoms with Crippen molar-refractivity contribution in [2.75, 3.05) is 0 Å². The van der Waals surface area contributed by atoms with E-state index in [-0.39, 0.29) is 0 Å². The molecule has 0 radical (unpaired) electrons. The Bertz CT molecular complexity index is 65.3. The van der Waals surface area contributed by atoms with Crippen molar-refractivity contribution < 1.29 is 39.2 Å². The molecule has 6 N–H and O–H groups in total. The van der Waals surface area contributed by atoms with Gasteiger partial charge in [0.1, 0.15) is 0 Å². The maximum absolute atomic E-state index is 8.74. The summed E-state index contributed by atoms with van der Waals surface area (Å²) in [5, 5.41) is 12.0. The van der Waals surface area contributed by atoms with E-state index < -0.39 is 16.5 Å². The average Bonchev–Trinajstić information content (AvgIpc) is 1.66. The molecule has 0 aromatic heterocycles. The fraction of sp³-hybridized carbons (Fsp3) is 0. The van der Waals surface area contributed by atoms with Gasteiger partial charge in [0.2, 0.25) is 0 Å². The van der Waals surface area contributed by atoms with E-state index in [0.717, 1.165) is 0 Å². The summed E-state index contributed by atoms with van der Waals surface area (Å²) < 4.78 is 17.5. The minimum Gasteiger partial charge on any atom is -0.326 e. The summed E-state index contributed by atoms with van der Waals surface area (Å²) in [7, 11) is -6.26. The first-order chi connectivity index (χ1) is 4.46. The van der Waals surface area contributed by atoms with Crippen molar-refractivity contribution in [1.29, 1.82) is 0 Å². The highest BCUT2D eigenvalue weighted by atomic mass is 31.1. The van der Waals surface area contributed by atoms with Crippen LogP contribution >= 0.6 is 16.5 Å². The highest BCUT2D eigenvalue weighted by molar-refractivity contribution is 7.31. The molecule has 0 heterocycles. The number of hydrogen-bond donors (Lipinski definition) is 6. The zero-order valence-corrected chi connectivity index (χ0v) is 6.50. The fourth-order valence-electron chi connectivity index (χ4n) is 0. The number of rotatable bonds is 0. The van der Waals surface area contributed by atoms with Gasteiger partial charge in [-0.1, -0.05) is 0 Å². The molecule has 0 aliphatic rings. The van der Waals surface area contributed by atoms with Gasteiger partial charge >= 0.3 is 16.5 Å². The molecule has 8 nitrogen and oxygen atoms in total. The molecule has 0 amide bonds. The van der Waals surface area contributed by atoms with Gasteiger partial charge in [-0.05, 0) is 0 Å². The molecule has 0 aromatic carbocycles. The Balaban J connectivity index is -0.0000000787. The molecule has 0 saturated carbocycles. The lowest BCUT2D eigenvalue weighted by Gasteiger charge is -1.61. The predicted octanol–water partition coefficient (Wildman–Crippen LogP) is -1.26. The van der Waals surface area contributed by atoms with E-state index in [2.05, 4.69) is 0 Å². The zero-order valence-electron chi connectivity index (χ0n) is 4.50. The van der Waals surface area contributed by atoms with E-state index in [1.54, 1.807) is 0 Å². The van der Waals surface area contributed by atoms with E-state index in [1.807, 2.05) is 0 Å². The van der Waals surface area contributed by atoms with Crippen molar-refractivity contribution in [2.24, 2.45) is 0 Å².